The first kappa shape index (κ1) is 29.7. The molecule has 2 saturated heterocycles. The standard InChI is InChI=1S/C29H38N4O6S2/c1-3-39-25-6-4-7-26-27(25)30-29(40-26)33(15-5-14-31-18-20-38-21-19-31)28(34)22-12-16-32(17-13-22)41(35,36)24-10-8-23(37-2)9-11-24/h4,6-11,22H,3,5,12-21H2,1-2H3. The zero-order valence-electron chi connectivity index (χ0n) is 23.7. The predicted molar refractivity (Wildman–Crippen MR) is 159 cm³/mol. The number of nitrogens with zero attached hydrogens (tertiary/aromatic N) is 4. The summed E-state index contributed by atoms with van der Waals surface area (Å²) in [5, 5.41) is 0.660. The van der Waals surface area contributed by atoms with Crippen molar-refractivity contribution in [1.82, 2.24) is 14.2 Å². The van der Waals surface area contributed by atoms with E-state index in [4.69, 9.17) is 19.2 Å². The van der Waals surface area contributed by atoms with Crippen molar-refractivity contribution in [1.29, 1.82) is 0 Å². The number of aromatic nitrogens is 1. The smallest absolute Gasteiger partial charge is 0.243 e. The lowest BCUT2D eigenvalue weighted by Crippen LogP contribution is -2.45. The highest BCUT2D eigenvalue weighted by Crippen LogP contribution is 2.36. The van der Waals surface area contributed by atoms with E-state index in [-0.39, 0.29) is 16.7 Å². The Morgan fingerprint density at radius 3 is 2.51 bits per heavy atom. The zero-order chi connectivity index (χ0) is 28.8. The van der Waals surface area contributed by atoms with Gasteiger partial charge in [0.25, 0.3) is 0 Å². The van der Waals surface area contributed by atoms with Gasteiger partial charge in [-0.15, -0.1) is 0 Å². The van der Waals surface area contributed by atoms with Crippen molar-refractivity contribution < 1.29 is 27.4 Å². The van der Waals surface area contributed by atoms with Crippen molar-refractivity contribution in [3.63, 3.8) is 0 Å². The first-order chi connectivity index (χ1) is 19.9. The Bertz CT molecular complexity index is 1410. The Balaban J connectivity index is 1.31. The number of ether oxygens (including phenoxy) is 3. The quantitative estimate of drug-likeness (QED) is 0.326. The van der Waals surface area contributed by atoms with Crippen LogP contribution in [0.3, 0.4) is 0 Å². The van der Waals surface area contributed by atoms with Crippen LogP contribution in [-0.2, 0) is 19.6 Å². The van der Waals surface area contributed by atoms with E-state index in [0.29, 0.717) is 55.7 Å². The van der Waals surface area contributed by atoms with Crippen LogP contribution in [-0.4, -0.2) is 94.7 Å². The molecule has 2 aliphatic rings. The maximum absolute atomic E-state index is 14.0. The molecule has 0 radical (unpaired) electrons. The minimum absolute atomic E-state index is 0.00508. The molecule has 2 aromatic carbocycles. The third-order valence-electron chi connectivity index (χ3n) is 7.63. The Morgan fingerprint density at radius 2 is 1.83 bits per heavy atom. The zero-order valence-corrected chi connectivity index (χ0v) is 25.3. The third kappa shape index (κ3) is 6.83. The monoisotopic (exact) mass is 602 g/mol. The number of piperidine rings is 1. The van der Waals surface area contributed by atoms with Gasteiger partial charge in [0.15, 0.2) is 5.13 Å². The van der Waals surface area contributed by atoms with E-state index >= 15 is 0 Å². The number of rotatable bonds is 11. The molecule has 0 unspecified atom stereocenters. The summed E-state index contributed by atoms with van der Waals surface area (Å²) in [6.45, 7) is 7.74. The van der Waals surface area contributed by atoms with Crippen molar-refractivity contribution in [2.24, 2.45) is 5.92 Å². The van der Waals surface area contributed by atoms with Gasteiger partial charge in [-0.25, -0.2) is 13.4 Å². The summed E-state index contributed by atoms with van der Waals surface area (Å²) in [5.74, 6) is 1.04. The number of para-hydroxylation sites is 1. The molecule has 222 valence electrons. The third-order valence-corrected chi connectivity index (χ3v) is 10.6. The van der Waals surface area contributed by atoms with E-state index in [1.807, 2.05) is 30.0 Å². The average molecular weight is 603 g/mol. The lowest BCUT2D eigenvalue weighted by Gasteiger charge is -2.33. The second-order valence-corrected chi connectivity index (χ2v) is 13.1. The molecule has 0 spiro atoms. The van der Waals surface area contributed by atoms with E-state index in [2.05, 4.69) is 4.90 Å². The molecule has 3 aromatic rings. The molecule has 0 aliphatic carbocycles. The number of carbonyl (C=O) groups excluding carboxylic acids is 1. The first-order valence-corrected chi connectivity index (χ1v) is 16.4. The Hall–Kier alpha value is -2.77. The van der Waals surface area contributed by atoms with Gasteiger partial charge >= 0.3 is 0 Å². The number of sulfonamides is 1. The second-order valence-electron chi connectivity index (χ2n) is 10.2. The molecule has 12 heteroatoms. The molecule has 3 heterocycles. The van der Waals surface area contributed by atoms with Gasteiger partial charge in [-0.05, 0) is 62.6 Å². The van der Waals surface area contributed by atoms with Gasteiger partial charge in [0.05, 0.1) is 36.5 Å². The maximum Gasteiger partial charge on any atom is 0.243 e. The Labute approximate surface area is 245 Å². The molecule has 2 aliphatic heterocycles. The predicted octanol–water partition coefficient (Wildman–Crippen LogP) is 3.86. The molecule has 2 fully saturated rings. The van der Waals surface area contributed by atoms with Crippen LogP contribution in [0.1, 0.15) is 26.2 Å². The van der Waals surface area contributed by atoms with Crippen molar-refractivity contribution in [2.75, 3.05) is 71.1 Å². The summed E-state index contributed by atoms with van der Waals surface area (Å²) < 4.78 is 45.4. The molecule has 41 heavy (non-hydrogen) atoms. The van der Waals surface area contributed by atoms with Crippen LogP contribution in [0.2, 0.25) is 0 Å². The summed E-state index contributed by atoms with van der Waals surface area (Å²) in [5.41, 5.74) is 0.765. The largest absolute Gasteiger partial charge is 0.497 e. The molecule has 0 N–H and O–H groups in total. The molecular weight excluding hydrogens is 564 g/mol. The van der Waals surface area contributed by atoms with Crippen LogP contribution in [0.15, 0.2) is 47.4 Å². The SMILES string of the molecule is CCOc1cccc2sc(N(CCCN3CCOCC3)C(=O)C3CCN(S(=O)(=O)c4ccc(OC)cc4)CC3)nc12. The maximum atomic E-state index is 14.0. The van der Waals surface area contributed by atoms with Gasteiger partial charge in [0.2, 0.25) is 15.9 Å². The number of hydrogen-bond donors (Lipinski definition) is 0. The highest BCUT2D eigenvalue weighted by molar-refractivity contribution is 7.89. The van der Waals surface area contributed by atoms with Crippen molar-refractivity contribution in [2.45, 2.75) is 31.1 Å². The number of fused-ring (bicyclic) bond motifs is 1. The summed E-state index contributed by atoms with van der Waals surface area (Å²) >= 11 is 1.49. The van der Waals surface area contributed by atoms with Crippen LogP contribution in [0.25, 0.3) is 10.2 Å². The van der Waals surface area contributed by atoms with Gasteiger partial charge < -0.3 is 14.2 Å². The van der Waals surface area contributed by atoms with Crippen molar-refractivity contribution in [3.8, 4) is 11.5 Å². The van der Waals surface area contributed by atoms with Gasteiger partial charge in [-0.1, -0.05) is 17.4 Å². The van der Waals surface area contributed by atoms with E-state index in [0.717, 1.165) is 49.5 Å². The number of hydrogen-bond acceptors (Lipinski definition) is 9. The molecule has 0 bridgehead atoms. The fraction of sp³-hybridized carbons (Fsp3) is 0.517. The van der Waals surface area contributed by atoms with Gasteiger partial charge in [-0.3, -0.25) is 14.6 Å². The average Bonchev–Trinajstić information content (AvgIpc) is 3.45. The second kappa shape index (κ2) is 13.5. The fourth-order valence-electron chi connectivity index (χ4n) is 5.34. The van der Waals surface area contributed by atoms with Gasteiger partial charge in [0, 0.05) is 45.2 Å². The molecule has 10 nitrogen and oxygen atoms in total. The van der Waals surface area contributed by atoms with Gasteiger partial charge in [0.1, 0.15) is 17.0 Å². The summed E-state index contributed by atoms with van der Waals surface area (Å²) in [7, 11) is -2.10. The number of morpholine rings is 1. The Kier molecular flexibility index (Phi) is 9.76. The van der Waals surface area contributed by atoms with Crippen molar-refractivity contribution >= 4 is 42.6 Å². The highest BCUT2D eigenvalue weighted by atomic mass is 32.2. The minimum Gasteiger partial charge on any atom is -0.497 e. The molecule has 0 atom stereocenters. The highest BCUT2D eigenvalue weighted by Gasteiger charge is 2.35. The Morgan fingerprint density at radius 1 is 1.10 bits per heavy atom. The van der Waals surface area contributed by atoms with Crippen LogP contribution in [0, 0.1) is 5.92 Å². The van der Waals surface area contributed by atoms with E-state index < -0.39 is 10.0 Å². The van der Waals surface area contributed by atoms with Crippen LogP contribution < -0.4 is 14.4 Å². The molecular formula is C29H38N4O6S2. The normalized spacial score (nSPS) is 17.5. The summed E-state index contributed by atoms with van der Waals surface area (Å²) in [4.78, 5) is 23.3. The molecule has 5 rings (SSSR count). The topological polar surface area (TPSA) is 102 Å². The molecule has 1 amide bonds. The summed E-state index contributed by atoms with van der Waals surface area (Å²) in [6.07, 6.45) is 1.73. The van der Waals surface area contributed by atoms with E-state index in [1.165, 1.54) is 15.6 Å². The number of anilines is 1. The van der Waals surface area contributed by atoms with E-state index in [1.54, 1.807) is 31.4 Å². The fourth-order valence-corrected chi connectivity index (χ4v) is 7.82. The lowest BCUT2D eigenvalue weighted by atomic mass is 9.96. The lowest BCUT2D eigenvalue weighted by molar-refractivity contribution is -0.123. The number of benzene rings is 2. The van der Waals surface area contributed by atoms with Crippen molar-refractivity contribution in [3.05, 3.63) is 42.5 Å². The molecule has 0 saturated carbocycles. The molecule has 1 aromatic heterocycles. The van der Waals surface area contributed by atoms with Crippen LogP contribution >= 0.6 is 11.3 Å². The van der Waals surface area contributed by atoms with Crippen LogP contribution in [0.4, 0.5) is 5.13 Å². The number of amides is 1. The minimum atomic E-state index is -3.65. The summed E-state index contributed by atoms with van der Waals surface area (Å²) in [6, 6.07) is 12.3. The van der Waals surface area contributed by atoms with Crippen LogP contribution in [0.5, 0.6) is 11.5 Å². The van der Waals surface area contributed by atoms with Gasteiger partial charge in [-0.2, -0.15) is 4.31 Å². The first-order valence-electron chi connectivity index (χ1n) is 14.2. The number of thiazole rings is 1. The number of carbonyl (C=O) groups is 1. The van der Waals surface area contributed by atoms with E-state index in [9.17, 15) is 13.2 Å². The number of methoxy groups -OCH3 is 1.